The molecule has 0 bridgehead atoms. The van der Waals surface area contributed by atoms with Crippen molar-refractivity contribution >= 4 is 17.4 Å². The monoisotopic (exact) mass is 261 g/mol. The predicted molar refractivity (Wildman–Crippen MR) is 78.4 cm³/mol. The van der Waals surface area contributed by atoms with Crippen LogP contribution in [-0.4, -0.2) is 24.0 Å². The molecule has 4 nitrogen and oxygen atoms in total. The van der Waals surface area contributed by atoms with E-state index in [1.807, 2.05) is 18.3 Å². The number of pyridine rings is 1. The fourth-order valence-electron chi connectivity index (χ4n) is 2.13. The third-order valence-corrected chi connectivity index (χ3v) is 3.30. The first-order valence-corrected chi connectivity index (χ1v) is 7.26. The highest BCUT2D eigenvalue weighted by molar-refractivity contribution is 5.93. The average molecular weight is 261 g/mol. The van der Waals surface area contributed by atoms with Crippen molar-refractivity contribution < 1.29 is 4.79 Å². The van der Waals surface area contributed by atoms with Crippen LogP contribution in [0.3, 0.4) is 0 Å². The molecule has 1 N–H and O–H groups in total. The Bertz CT molecular complexity index is 406. The lowest BCUT2D eigenvalue weighted by Crippen LogP contribution is -2.25. The van der Waals surface area contributed by atoms with Gasteiger partial charge in [-0.1, -0.05) is 13.8 Å². The van der Waals surface area contributed by atoms with Crippen LogP contribution in [0, 0.1) is 5.92 Å². The van der Waals surface area contributed by atoms with E-state index in [2.05, 4.69) is 29.0 Å². The third-order valence-electron chi connectivity index (χ3n) is 3.30. The van der Waals surface area contributed by atoms with Crippen LogP contribution in [0.2, 0.25) is 0 Å². The molecule has 0 radical (unpaired) electrons. The van der Waals surface area contributed by atoms with Crippen molar-refractivity contribution in [1.29, 1.82) is 0 Å². The highest BCUT2D eigenvalue weighted by Crippen LogP contribution is 2.30. The van der Waals surface area contributed by atoms with Gasteiger partial charge >= 0.3 is 0 Å². The SMILES string of the molecule is CCCN(CCC)c1ccc(NC(=O)C2CC2)nc1. The molecule has 1 fully saturated rings. The molecule has 1 aliphatic carbocycles. The lowest BCUT2D eigenvalue weighted by Gasteiger charge is -2.23. The number of carbonyl (C=O) groups excluding carboxylic acids is 1. The van der Waals surface area contributed by atoms with Crippen LogP contribution in [0.15, 0.2) is 18.3 Å². The van der Waals surface area contributed by atoms with E-state index in [9.17, 15) is 4.79 Å². The van der Waals surface area contributed by atoms with E-state index in [-0.39, 0.29) is 11.8 Å². The third kappa shape index (κ3) is 3.94. The molecule has 4 heteroatoms. The number of aromatic nitrogens is 1. The maximum absolute atomic E-state index is 11.6. The summed E-state index contributed by atoms with van der Waals surface area (Å²) in [6.45, 7) is 6.45. The smallest absolute Gasteiger partial charge is 0.228 e. The molecule has 0 aromatic carbocycles. The molecule has 1 aliphatic rings. The summed E-state index contributed by atoms with van der Waals surface area (Å²) in [7, 11) is 0. The van der Waals surface area contributed by atoms with Crippen LogP contribution in [0.5, 0.6) is 0 Å². The van der Waals surface area contributed by atoms with Crippen LogP contribution < -0.4 is 10.2 Å². The van der Waals surface area contributed by atoms with E-state index < -0.39 is 0 Å². The van der Waals surface area contributed by atoms with E-state index in [0.29, 0.717) is 5.82 Å². The molecule has 1 aromatic rings. The molecule has 0 aliphatic heterocycles. The number of anilines is 2. The Morgan fingerprint density at radius 1 is 1.32 bits per heavy atom. The first-order chi connectivity index (χ1) is 9.24. The van der Waals surface area contributed by atoms with Crippen molar-refractivity contribution in [3.63, 3.8) is 0 Å². The van der Waals surface area contributed by atoms with Gasteiger partial charge in [0, 0.05) is 19.0 Å². The van der Waals surface area contributed by atoms with Crippen LogP contribution in [0.1, 0.15) is 39.5 Å². The Morgan fingerprint density at radius 2 is 2.00 bits per heavy atom. The van der Waals surface area contributed by atoms with Crippen LogP contribution >= 0.6 is 0 Å². The van der Waals surface area contributed by atoms with E-state index in [4.69, 9.17) is 0 Å². The van der Waals surface area contributed by atoms with E-state index >= 15 is 0 Å². The Kier molecular flexibility index (Phi) is 4.77. The standard InChI is InChI=1S/C15H23N3O/c1-3-9-18(10-4-2)13-7-8-14(16-11-13)17-15(19)12-5-6-12/h7-8,11-12H,3-6,9-10H2,1-2H3,(H,16,17,19). The van der Waals surface area contributed by atoms with Crippen LogP contribution in [-0.2, 0) is 4.79 Å². The number of carbonyl (C=O) groups is 1. The second-order valence-corrected chi connectivity index (χ2v) is 5.15. The minimum absolute atomic E-state index is 0.110. The summed E-state index contributed by atoms with van der Waals surface area (Å²) in [5.41, 5.74) is 1.13. The lowest BCUT2D eigenvalue weighted by atomic mass is 10.3. The van der Waals surface area contributed by atoms with Crippen molar-refractivity contribution in [1.82, 2.24) is 4.98 Å². The summed E-state index contributed by atoms with van der Waals surface area (Å²) in [5, 5.41) is 2.87. The van der Waals surface area contributed by atoms with Gasteiger partial charge in [0.25, 0.3) is 0 Å². The van der Waals surface area contributed by atoms with Crippen molar-refractivity contribution in [2.75, 3.05) is 23.3 Å². The summed E-state index contributed by atoms with van der Waals surface area (Å²) < 4.78 is 0. The van der Waals surface area contributed by atoms with Crippen molar-refractivity contribution in [2.24, 2.45) is 5.92 Å². The maximum Gasteiger partial charge on any atom is 0.228 e. The summed E-state index contributed by atoms with van der Waals surface area (Å²) in [5.74, 6) is 0.992. The molecule has 19 heavy (non-hydrogen) atoms. The van der Waals surface area contributed by atoms with Gasteiger partial charge in [0.1, 0.15) is 5.82 Å². The van der Waals surface area contributed by atoms with Gasteiger partial charge in [-0.05, 0) is 37.8 Å². The molecule has 1 aromatic heterocycles. The zero-order valence-corrected chi connectivity index (χ0v) is 11.9. The molecule has 0 atom stereocenters. The first-order valence-electron chi connectivity index (χ1n) is 7.26. The van der Waals surface area contributed by atoms with Gasteiger partial charge in [0.2, 0.25) is 5.91 Å². The molecule has 0 saturated heterocycles. The maximum atomic E-state index is 11.6. The largest absolute Gasteiger partial charge is 0.370 e. The normalized spacial score (nSPS) is 14.2. The predicted octanol–water partition coefficient (Wildman–Crippen LogP) is 3.06. The first kappa shape index (κ1) is 13.8. The minimum Gasteiger partial charge on any atom is -0.370 e. The molecular weight excluding hydrogens is 238 g/mol. The number of rotatable bonds is 7. The number of nitrogens with zero attached hydrogens (tertiary/aromatic N) is 2. The van der Waals surface area contributed by atoms with Crippen molar-refractivity contribution in [3.05, 3.63) is 18.3 Å². The summed E-state index contributed by atoms with van der Waals surface area (Å²) in [6, 6.07) is 3.94. The fourth-order valence-corrected chi connectivity index (χ4v) is 2.13. The summed E-state index contributed by atoms with van der Waals surface area (Å²) in [4.78, 5) is 18.3. The molecule has 1 heterocycles. The van der Waals surface area contributed by atoms with E-state index in [0.717, 1.165) is 44.5 Å². The number of nitrogens with one attached hydrogen (secondary N) is 1. The lowest BCUT2D eigenvalue weighted by molar-refractivity contribution is -0.117. The van der Waals surface area contributed by atoms with Crippen molar-refractivity contribution in [3.8, 4) is 0 Å². The summed E-state index contributed by atoms with van der Waals surface area (Å²) >= 11 is 0. The highest BCUT2D eigenvalue weighted by atomic mass is 16.2. The quantitative estimate of drug-likeness (QED) is 0.820. The van der Waals surface area contributed by atoms with Gasteiger partial charge in [0.15, 0.2) is 0 Å². The number of hydrogen-bond donors (Lipinski definition) is 1. The molecule has 104 valence electrons. The van der Waals surface area contributed by atoms with Gasteiger partial charge in [-0.15, -0.1) is 0 Å². The van der Waals surface area contributed by atoms with Gasteiger partial charge < -0.3 is 10.2 Å². The Morgan fingerprint density at radius 3 is 2.47 bits per heavy atom. The van der Waals surface area contributed by atoms with Gasteiger partial charge in [0.05, 0.1) is 11.9 Å². The van der Waals surface area contributed by atoms with Gasteiger partial charge in [-0.25, -0.2) is 4.98 Å². The number of hydrogen-bond acceptors (Lipinski definition) is 3. The van der Waals surface area contributed by atoms with Gasteiger partial charge in [-0.3, -0.25) is 4.79 Å². The Hall–Kier alpha value is -1.58. The molecule has 1 amide bonds. The molecule has 0 unspecified atom stereocenters. The Balaban J connectivity index is 1.97. The average Bonchev–Trinajstić information content (AvgIpc) is 3.24. The van der Waals surface area contributed by atoms with Crippen LogP contribution in [0.4, 0.5) is 11.5 Å². The second-order valence-electron chi connectivity index (χ2n) is 5.15. The fraction of sp³-hybridized carbons (Fsp3) is 0.600. The molecule has 1 saturated carbocycles. The number of amides is 1. The molecule has 2 rings (SSSR count). The zero-order chi connectivity index (χ0) is 13.7. The van der Waals surface area contributed by atoms with Crippen molar-refractivity contribution in [2.45, 2.75) is 39.5 Å². The second kappa shape index (κ2) is 6.55. The summed E-state index contributed by atoms with van der Waals surface area (Å²) in [6.07, 6.45) is 6.14. The van der Waals surface area contributed by atoms with E-state index in [1.54, 1.807) is 0 Å². The topological polar surface area (TPSA) is 45.2 Å². The molecule has 0 spiro atoms. The zero-order valence-electron chi connectivity index (χ0n) is 11.9. The minimum atomic E-state index is 0.110. The Labute approximate surface area is 115 Å². The van der Waals surface area contributed by atoms with Gasteiger partial charge in [-0.2, -0.15) is 0 Å². The molecular formula is C15H23N3O. The van der Waals surface area contributed by atoms with E-state index in [1.165, 1.54) is 0 Å². The highest BCUT2D eigenvalue weighted by Gasteiger charge is 2.29. The van der Waals surface area contributed by atoms with Crippen LogP contribution in [0.25, 0.3) is 0 Å².